The Balaban J connectivity index is 0.000000191. The van der Waals surface area contributed by atoms with Crippen LogP contribution in [0.1, 0.15) is 109 Å². The van der Waals surface area contributed by atoms with Crippen molar-refractivity contribution in [3.63, 3.8) is 0 Å². The number of para-hydroxylation sites is 2. The summed E-state index contributed by atoms with van der Waals surface area (Å²) in [6.07, 6.45) is 16.9. The molecular formula is C40H52ClN4O7-. The van der Waals surface area contributed by atoms with Crippen LogP contribution in [0.25, 0.3) is 26.6 Å². The van der Waals surface area contributed by atoms with Gasteiger partial charge in [-0.25, -0.2) is 4.79 Å². The van der Waals surface area contributed by atoms with Crippen LogP contribution < -0.4 is 5.32 Å². The molecule has 0 unspecified atom stereocenters. The molecule has 4 heterocycles. The Labute approximate surface area is 311 Å². The van der Waals surface area contributed by atoms with Crippen LogP contribution in [0.15, 0.2) is 48.8 Å². The molecule has 6 rings (SSSR count). The van der Waals surface area contributed by atoms with Crippen molar-refractivity contribution in [2.24, 2.45) is 0 Å². The van der Waals surface area contributed by atoms with Crippen molar-refractivity contribution in [1.29, 1.82) is 0 Å². The van der Waals surface area contributed by atoms with Crippen molar-refractivity contribution in [2.75, 3.05) is 27.3 Å². The van der Waals surface area contributed by atoms with Gasteiger partial charge in [-0.15, -0.1) is 6.54 Å². The predicted octanol–water partition coefficient (Wildman–Crippen LogP) is 8.36. The molecule has 0 spiro atoms. The van der Waals surface area contributed by atoms with Crippen molar-refractivity contribution in [2.45, 2.75) is 103 Å². The lowest BCUT2D eigenvalue weighted by Gasteiger charge is -2.14. The molecule has 2 N–H and O–H groups in total. The van der Waals surface area contributed by atoms with Gasteiger partial charge in [0.2, 0.25) is 0 Å². The smallest absolute Gasteiger partial charge is 0.337 e. The van der Waals surface area contributed by atoms with Gasteiger partial charge in [-0.2, -0.15) is 0 Å². The number of unbranched alkanes of at least 4 members (excludes halogenated alkanes) is 6. The highest BCUT2D eigenvalue weighted by molar-refractivity contribution is 6.24. The summed E-state index contributed by atoms with van der Waals surface area (Å²) in [6.45, 7) is 3.30. The van der Waals surface area contributed by atoms with E-state index in [4.69, 9.17) is 16.9 Å². The number of halogens is 1. The highest BCUT2D eigenvalue weighted by Gasteiger charge is 2.20. The topological polar surface area (TPSA) is 143 Å². The molecule has 0 radical (unpaired) electrons. The molecular weight excluding hydrogens is 684 g/mol. The van der Waals surface area contributed by atoms with Gasteiger partial charge in [0.1, 0.15) is 0 Å². The molecule has 2 aliphatic rings. The molecule has 52 heavy (non-hydrogen) atoms. The van der Waals surface area contributed by atoms with Crippen LogP contribution in [-0.2, 0) is 45.0 Å². The van der Waals surface area contributed by atoms with Crippen LogP contribution in [0.4, 0.5) is 0 Å². The van der Waals surface area contributed by atoms with Gasteiger partial charge in [-0.1, -0.05) is 68.5 Å². The first-order valence-electron chi connectivity index (χ1n) is 18.4. The third kappa shape index (κ3) is 11.3. The van der Waals surface area contributed by atoms with Gasteiger partial charge in [0.15, 0.2) is 0 Å². The summed E-state index contributed by atoms with van der Waals surface area (Å²) in [6, 6.07) is 12.2. The summed E-state index contributed by atoms with van der Waals surface area (Å²) in [5, 5.41) is 14.1. The van der Waals surface area contributed by atoms with Crippen molar-refractivity contribution >= 4 is 57.4 Å². The highest BCUT2D eigenvalue weighted by atomic mass is 35.5. The maximum absolute atomic E-state index is 12.6. The molecule has 0 saturated carbocycles. The third-order valence-electron chi connectivity index (χ3n) is 9.55. The minimum Gasteiger partial charge on any atom is -0.575 e. The largest absolute Gasteiger partial charge is 0.575 e. The number of carboxylic acids is 1. The van der Waals surface area contributed by atoms with Crippen LogP contribution in [-0.4, -0.2) is 65.4 Å². The second-order valence-corrected chi connectivity index (χ2v) is 13.4. The number of carbonyl (C=O) groups is 4. The van der Waals surface area contributed by atoms with E-state index in [-0.39, 0.29) is 17.8 Å². The maximum atomic E-state index is 12.6. The van der Waals surface area contributed by atoms with E-state index in [1.165, 1.54) is 30.9 Å². The summed E-state index contributed by atoms with van der Waals surface area (Å²) < 4.78 is 13.4. The van der Waals surface area contributed by atoms with Gasteiger partial charge in [0.25, 0.3) is 5.91 Å². The second-order valence-electron chi connectivity index (χ2n) is 13.2. The van der Waals surface area contributed by atoms with E-state index in [2.05, 4.69) is 40.9 Å². The number of aryl methyl sites for hydroxylation is 4. The number of rotatable bonds is 16. The van der Waals surface area contributed by atoms with E-state index in [1.54, 1.807) is 6.20 Å². The molecule has 0 aliphatic carbocycles. The predicted molar refractivity (Wildman–Crippen MR) is 204 cm³/mol. The Morgan fingerprint density at radius 1 is 0.731 bits per heavy atom. The first kappa shape index (κ1) is 40.4. The zero-order valence-corrected chi connectivity index (χ0v) is 31.2. The summed E-state index contributed by atoms with van der Waals surface area (Å²) >= 11 is 5.14. The van der Waals surface area contributed by atoms with Gasteiger partial charge < -0.3 is 33.9 Å². The van der Waals surface area contributed by atoms with Gasteiger partial charge in [0.05, 0.1) is 36.4 Å². The number of aromatic carboxylic acids is 1. The Morgan fingerprint density at radius 3 is 1.75 bits per heavy atom. The lowest BCUT2D eigenvalue weighted by atomic mass is 10.0. The molecule has 1 amide bonds. The fourth-order valence-electron chi connectivity index (χ4n) is 6.91. The molecule has 0 fully saturated rings. The number of benzene rings is 2. The number of nitrogens with one attached hydrogen (secondary N) is 1. The number of aromatic nitrogens is 2. The zero-order valence-electron chi connectivity index (χ0n) is 30.5. The van der Waals surface area contributed by atoms with Crippen molar-refractivity contribution < 1.29 is 33.8 Å². The quantitative estimate of drug-likeness (QED) is 0.0870. The van der Waals surface area contributed by atoms with Gasteiger partial charge in [-0.05, 0) is 56.1 Å². The van der Waals surface area contributed by atoms with Gasteiger partial charge in [0, 0.05) is 55.6 Å². The number of amides is 1. The van der Waals surface area contributed by atoms with E-state index in [0.717, 1.165) is 112 Å². The Morgan fingerprint density at radius 2 is 1.23 bits per heavy atom. The number of esters is 2. The van der Waals surface area contributed by atoms with Crippen molar-refractivity contribution in [3.8, 4) is 0 Å². The first-order chi connectivity index (χ1) is 25.3. The molecule has 282 valence electrons. The third-order valence-corrected chi connectivity index (χ3v) is 9.72. The number of carboxylic acid groups (broad SMARTS) is 1. The standard InChI is InChI=1S/C20H26N2O3.C12H11NO2.C8H15ClNO2/c1-25-18(23)11-4-2-3-5-12-21-20(24)17-14-22-13-7-9-15-8-6-10-16(17)19(15)22;14-12(15)10-7-13-6-2-4-8-3-1-5-9(10)11(8)13;1-12-8(11)6-4-2-3-5-7-10-9/h6,8,10,14H,2-5,7,9,11-13H2,1H3,(H,21,24);1,3,5,7H,2,4,6H2,(H,14,15);2-7H2,1H3/q;;-1. The average Bonchev–Trinajstić information content (AvgIpc) is 3.74. The normalized spacial score (nSPS) is 12.7. The maximum Gasteiger partial charge on any atom is 0.337 e. The number of ether oxygens (including phenoxy) is 2. The highest BCUT2D eigenvalue weighted by Crippen LogP contribution is 2.30. The SMILES string of the molecule is COC(=O)CCCCCCNC(=O)c1cn2c3c(cccc13)CCC2.COC(=O)CCCCCC[N-]Cl.O=C(O)c1cn2c3c(cccc13)CCC2. The monoisotopic (exact) mass is 735 g/mol. The number of hydrogen-bond donors (Lipinski definition) is 2. The summed E-state index contributed by atoms with van der Waals surface area (Å²) in [5.41, 5.74) is 6.15. The fourth-order valence-corrected chi connectivity index (χ4v) is 7.03. The molecule has 0 atom stereocenters. The minimum atomic E-state index is -0.835. The van der Waals surface area contributed by atoms with Crippen molar-refractivity contribution in [1.82, 2.24) is 14.5 Å². The molecule has 0 saturated heterocycles. The molecule has 2 aromatic heterocycles. The van der Waals surface area contributed by atoms with Crippen LogP contribution >= 0.6 is 11.8 Å². The second kappa shape index (κ2) is 21.2. The Bertz CT molecular complexity index is 1800. The molecule has 4 aromatic rings. The van der Waals surface area contributed by atoms with Crippen LogP contribution in [0, 0.1) is 0 Å². The molecule has 2 aromatic carbocycles. The minimum absolute atomic E-state index is 0.0114. The number of carbonyl (C=O) groups excluding carboxylic acids is 3. The summed E-state index contributed by atoms with van der Waals surface area (Å²) in [4.78, 5) is 48.7. The first-order valence-corrected chi connectivity index (χ1v) is 18.8. The molecule has 12 heteroatoms. The molecule has 11 nitrogen and oxygen atoms in total. The number of nitrogens with zero attached hydrogens (tertiary/aromatic N) is 3. The zero-order chi connectivity index (χ0) is 37.3. The lowest BCUT2D eigenvalue weighted by Crippen LogP contribution is -2.24. The van der Waals surface area contributed by atoms with E-state index in [1.807, 2.05) is 30.5 Å². The van der Waals surface area contributed by atoms with E-state index in [9.17, 15) is 19.2 Å². The van der Waals surface area contributed by atoms with Gasteiger partial charge >= 0.3 is 17.9 Å². The van der Waals surface area contributed by atoms with Crippen LogP contribution in [0.2, 0.25) is 0 Å². The fraction of sp³-hybridized carbons (Fsp3) is 0.500. The number of hydrogen-bond acceptors (Lipinski definition) is 6. The lowest BCUT2D eigenvalue weighted by molar-refractivity contribution is -0.141. The van der Waals surface area contributed by atoms with E-state index >= 15 is 0 Å². The van der Waals surface area contributed by atoms with Crippen LogP contribution in [0.5, 0.6) is 0 Å². The summed E-state index contributed by atoms with van der Waals surface area (Å²) in [7, 11) is 2.83. The Hall–Kier alpha value is -4.35. The van der Waals surface area contributed by atoms with E-state index in [0.29, 0.717) is 31.5 Å². The van der Waals surface area contributed by atoms with Crippen LogP contribution in [0.3, 0.4) is 0 Å². The van der Waals surface area contributed by atoms with Gasteiger partial charge in [-0.3, -0.25) is 26.2 Å². The van der Waals surface area contributed by atoms with Crippen molar-refractivity contribution in [3.05, 3.63) is 75.9 Å². The van der Waals surface area contributed by atoms with E-state index < -0.39 is 5.97 Å². The summed E-state index contributed by atoms with van der Waals surface area (Å²) in [5.74, 6) is -1.10. The average molecular weight is 736 g/mol. The number of methoxy groups -OCH3 is 2. The molecule has 2 aliphatic heterocycles. The Kier molecular flexibility index (Phi) is 16.5. The molecule has 0 bridgehead atoms.